The van der Waals surface area contributed by atoms with E-state index in [1.165, 1.54) is 0 Å². The predicted molar refractivity (Wildman–Crippen MR) is 61.0 cm³/mol. The third-order valence-corrected chi connectivity index (χ3v) is 3.65. The molecule has 0 aromatic rings. The molecule has 4 heteroatoms. The van der Waals surface area contributed by atoms with Gasteiger partial charge in [-0.15, -0.1) is 0 Å². The van der Waals surface area contributed by atoms with Gasteiger partial charge in [0.1, 0.15) is 12.7 Å². The summed E-state index contributed by atoms with van der Waals surface area (Å²) < 4.78 is 10.4. The molecule has 0 amide bonds. The summed E-state index contributed by atoms with van der Waals surface area (Å²) in [6, 6.07) is 0. The molecule has 2 aliphatic rings. The van der Waals surface area contributed by atoms with Crippen molar-refractivity contribution < 1.29 is 19.1 Å². The van der Waals surface area contributed by atoms with Crippen molar-refractivity contribution in [2.45, 2.75) is 32.8 Å². The minimum Gasteiger partial charge on any atom is -0.465 e. The molecule has 0 aromatic heterocycles. The molecule has 1 heterocycles. The van der Waals surface area contributed by atoms with Gasteiger partial charge in [0.25, 0.3) is 0 Å². The van der Waals surface area contributed by atoms with Crippen LogP contribution in [0.3, 0.4) is 0 Å². The van der Waals surface area contributed by atoms with E-state index in [0.717, 1.165) is 12.8 Å². The smallest absolute Gasteiger partial charge is 0.313 e. The average Bonchev–Trinajstić information content (AvgIpc) is 2.86. The number of fused-ring (bicyclic) bond motifs is 1. The fourth-order valence-electron chi connectivity index (χ4n) is 2.24. The van der Waals surface area contributed by atoms with Crippen molar-refractivity contribution in [3.63, 3.8) is 0 Å². The normalized spacial score (nSPS) is 32.1. The van der Waals surface area contributed by atoms with Gasteiger partial charge < -0.3 is 9.47 Å². The summed E-state index contributed by atoms with van der Waals surface area (Å²) in [6.45, 7) is 3.92. The second-order valence-corrected chi connectivity index (χ2v) is 4.78. The van der Waals surface area contributed by atoms with Crippen LogP contribution in [0.25, 0.3) is 0 Å². The minimum absolute atomic E-state index is 0.102. The van der Waals surface area contributed by atoms with Crippen molar-refractivity contribution in [1.29, 1.82) is 0 Å². The molecule has 0 saturated carbocycles. The van der Waals surface area contributed by atoms with E-state index in [1.807, 2.05) is 26.0 Å². The van der Waals surface area contributed by atoms with Crippen LogP contribution in [-0.2, 0) is 19.1 Å². The Bertz CT molecular complexity index is 347. The van der Waals surface area contributed by atoms with Gasteiger partial charge in [-0.25, -0.2) is 0 Å². The highest BCUT2D eigenvalue weighted by molar-refractivity contribution is 5.77. The van der Waals surface area contributed by atoms with Crippen molar-refractivity contribution in [2.75, 3.05) is 6.61 Å². The number of carbonyl (C=O) groups is 2. The van der Waals surface area contributed by atoms with Gasteiger partial charge in [-0.3, -0.25) is 9.59 Å². The number of hydrogen-bond donors (Lipinski definition) is 0. The third kappa shape index (κ3) is 2.35. The summed E-state index contributed by atoms with van der Waals surface area (Å²) in [5.74, 6) is -0.698. The zero-order valence-corrected chi connectivity index (χ0v) is 10.2. The molecule has 0 N–H and O–H groups in total. The van der Waals surface area contributed by atoms with Gasteiger partial charge in [-0.05, 0) is 18.9 Å². The SMILES string of the molecule is CCC(C)C(=O)OC[C@@H]1C(=O)O[C@@H]2C=CC[C@H]12. The lowest BCUT2D eigenvalue weighted by molar-refractivity contribution is -0.153. The highest BCUT2D eigenvalue weighted by atomic mass is 16.6. The van der Waals surface area contributed by atoms with E-state index in [1.54, 1.807) is 0 Å². The molecule has 0 aromatic carbocycles. The molecule has 0 bridgehead atoms. The summed E-state index contributed by atoms with van der Waals surface area (Å²) in [7, 11) is 0. The molecule has 1 saturated heterocycles. The Morgan fingerprint density at radius 2 is 2.41 bits per heavy atom. The Kier molecular flexibility index (Phi) is 3.50. The van der Waals surface area contributed by atoms with Crippen LogP contribution in [0.1, 0.15) is 26.7 Å². The fourth-order valence-corrected chi connectivity index (χ4v) is 2.24. The first-order chi connectivity index (χ1) is 8.13. The van der Waals surface area contributed by atoms with E-state index in [4.69, 9.17) is 9.47 Å². The highest BCUT2D eigenvalue weighted by Gasteiger charge is 2.45. The minimum atomic E-state index is -0.289. The quantitative estimate of drug-likeness (QED) is 0.552. The van der Waals surface area contributed by atoms with E-state index >= 15 is 0 Å². The van der Waals surface area contributed by atoms with E-state index < -0.39 is 0 Å². The molecular weight excluding hydrogens is 220 g/mol. The predicted octanol–water partition coefficient (Wildman–Crippen LogP) is 1.69. The number of allylic oxidation sites excluding steroid dienone is 1. The molecule has 1 aliphatic heterocycles. The number of carbonyl (C=O) groups excluding carboxylic acids is 2. The first-order valence-corrected chi connectivity index (χ1v) is 6.17. The first-order valence-electron chi connectivity index (χ1n) is 6.17. The second-order valence-electron chi connectivity index (χ2n) is 4.78. The number of hydrogen-bond acceptors (Lipinski definition) is 4. The van der Waals surface area contributed by atoms with Crippen molar-refractivity contribution in [3.8, 4) is 0 Å². The van der Waals surface area contributed by atoms with Crippen molar-refractivity contribution in [3.05, 3.63) is 12.2 Å². The van der Waals surface area contributed by atoms with E-state index in [9.17, 15) is 9.59 Å². The summed E-state index contributed by atoms with van der Waals surface area (Å²) in [4.78, 5) is 23.1. The van der Waals surface area contributed by atoms with Crippen molar-refractivity contribution in [2.24, 2.45) is 17.8 Å². The summed E-state index contributed by atoms with van der Waals surface area (Å²) in [6.07, 6.45) is 5.42. The molecular formula is C13H18O4. The highest BCUT2D eigenvalue weighted by Crippen LogP contribution is 2.36. The van der Waals surface area contributed by atoms with Crippen LogP contribution in [0.2, 0.25) is 0 Å². The van der Waals surface area contributed by atoms with Crippen LogP contribution in [0.15, 0.2) is 12.2 Å². The van der Waals surface area contributed by atoms with Gasteiger partial charge in [0.05, 0.1) is 11.8 Å². The van der Waals surface area contributed by atoms with Crippen LogP contribution in [-0.4, -0.2) is 24.6 Å². The van der Waals surface area contributed by atoms with Gasteiger partial charge in [-0.2, -0.15) is 0 Å². The Morgan fingerprint density at radius 1 is 1.65 bits per heavy atom. The third-order valence-electron chi connectivity index (χ3n) is 3.65. The maximum Gasteiger partial charge on any atom is 0.313 e. The molecule has 4 atom stereocenters. The Balaban J connectivity index is 1.87. The summed E-state index contributed by atoms with van der Waals surface area (Å²) in [5, 5.41) is 0. The number of rotatable bonds is 4. The fraction of sp³-hybridized carbons (Fsp3) is 0.692. The molecule has 17 heavy (non-hydrogen) atoms. The monoisotopic (exact) mass is 238 g/mol. The van der Waals surface area contributed by atoms with E-state index in [-0.39, 0.29) is 42.4 Å². The zero-order valence-electron chi connectivity index (χ0n) is 10.2. The van der Waals surface area contributed by atoms with Crippen LogP contribution in [0, 0.1) is 17.8 Å². The molecule has 4 nitrogen and oxygen atoms in total. The number of ether oxygens (including phenoxy) is 2. The Hall–Kier alpha value is -1.32. The van der Waals surface area contributed by atoms with Crippen LogP contribution in [0.4, 0.5) is 0 Å². The molecule has 1 unspecified atom stereocenters. The van der Waals surface area contributed by atoms with E-state index in [2.05, 4.69) is 0 Å². The number of esters is 2. The standard InChI is InChI=1S/C13H18O4/c1-3-8(2)12(14)16-7-10-9-5-4-6-11(9)17-13(10)15/h4,6,8-11H,3,5,7H2,1-2H3/t8?,9-,10+,11-/m1/s1. The summed E-state index contributed by atoms with van der Waals surface area (Å²) in [5.41, 5.74) is 0. The topological polar surface area (TPSA) is 52.6 Å². The van der Waals surface area contributed by atoms with Gasteiger partial charge in [0.15, 0.2) is 0 Å². The maximum atomic E-state index is 11.6. The molecule has 0 spiro atoms. The molecule has 1 fully saturated rings. The lowest BCUT2D eigenvalue weighted by Crippen LogP contribution is -2.25. The van der Waals surface area contributed by atoms with Crippen LogP contribution >= 0.6 is 0 Å². The Morgan fingerprint density at radius 3 is 3.12 bits per heavy atom. The van der Waals surface area contributed by atoms with Crippen molar-refractivity contribution in [1.82, 2.24) is 0 Å². The maximum absolute atomic E-state index is 11.6. The van der Waals surface area contributed by atoms with Gasteiger partial charge in [-0.1, -0.05) is 19.9 Å². The average molecular weight is 238 g/mol. The van der Waals surface area contributed by atoms with Crippen molar-refractivity contribution >= 4 is 11.9 Å². The molecule has 94 valence electrons. The summed E-state index contributed by atoms with van der Waals surface area (Å²) >= 11 is 0. The molecule has 1 aliphatic carbocycles. The Labute approximate surface area is 101 Å². The molecule has 0 radical (unpaired) electrons. The first kappa shape index (κ1) is 12.1. The van der Waals surface area contributed by atoms with Crippen LogP contribution in [0.5, 0.6) is 0 Å². The van der Waals surface area contributed by atoms with Gasteiger partial charge >= 0.3 is 11.9 Å². The van der Waals surface area contributed by atoms with Gasteiger partial charge in [0.2, 0.25) is 0 Å². The largest absolute Gasteiger partial charge is 0.465 e. The molecule has 2 rings (SSSR count). The lowest BCUT2D eigenvalue weighted by atomic mass is 9.92. The van der Waals surface area contributed by atoms with E-state index in [0.29, 0.717) is 0 Å². The van der Waals surface area contributed by atoms with Crippen LogP contribution < -0.4 is 0 Å². The lowest BCUT2D eigenvalue weighted by Gasteiger charge is -2.15. The van der Waals surface area contributed by atoms with Gasteiger partial charge in [0, 0.05) is 5.92 Å². The zero-order chi connectivity index (χ0) is 12.4. The second kappa shape index (κ2) is 4.90.